The molecule has 1 atom stereocenters. The molecule has 18 heavy (non-hydrogen) atoms. The van der Waals surface area contributed by atoms with E-state index in [0.29, 0.717) is 6.61 Å². The van der Waals surface area contributed by atoms with E-state index >= 15 is 0 Å². The predicted molar refractivity (Wildman–Crippen MR) is 75.7 cm³/mol. The highest BCUT2D eigenvalue weighted by Gasteiger charge is 2.11. The van der Waals surface area contributed by atoms with E-state index in [0.717, 1.165) is 12.2 Å². The first-order chi connectivity index (χ1) is 8.79. The van der Waals surface area contributed by atoms with Gasteiger partial charge in [0.2, 0.25) is 0 Å². The Balaban J connectivity index is 2.01. The summed E-state index contributed by atoms with van der Waals surface area (Å²) in [5.41, 5.74) is 8.99. The predicted octanol–water partition coefficient (Wildman–Crippen LogP) is 3.98. The minimum absolute atomic E-state index is 0.0924. The molecule has 1 aliphatic rings. The van der Waals surface area contributed by atoms with Crippen LogP contribution in [0.3, 0.4) is 0 Å². The molecule has 0 bridgehead atoms. The molecule has 1 aliphatic carbocycles. The number of allylic oxidation sites excluding steroid dienone is 1. The van der Waals surface area contributed by atoms with E-state index in [1.54, 1.807) is 0 Å². The van der Waals surface area contributed by atoms with Crippen LogP contribution in [0.1, 0.15) is 50.6 Å². The van der Waals surface area contributed by atoms with Crippen molar-refractivity contribution in [2.75, 3.05) is 6.61 Å². The van der Waals surface area contributed by atoms with Gasteiger partial charge in [0.25, 0.3) is 0 Å². The van der Waals surface area contributed by atoms with Crippen LogP contribution in [0.25, 0.3) is 0 Å². The van der Waals surface area contributed by atoms with E-state index in [1.165, 1.54) is 36.8 Å². The lowest BCUT2D eigenvalue weighted by Gasteiger charge is -2.18. The van der Waals surface area contributed by atoms with Crippen molar-refractivity contribution < 1.29 is 4.74 Å². The van der Waals surface area contributed by atoms with Crippen molar-refractivity contribution in [2.45, 2.75) is 45.1 Å². The Morgan fingerprint density at radius 3 is 2.94 bits per heavy atom. The third-order valence-electron chi connectivity index (χ3n) is 3.46. The summed E-state index contributed by atoms with van der Waals surface area (Å²) in [6.07, 6.45) is 8.45. The normalized spacial score (nSPS) is 17.1. The molecule has 0 spiro atoms. The van der Waals surface area contributed by atoms with Gasteiger partial charge in [-0.1, -0.05) is 23.8 Å². The van der Waals surface area contributed by atoms with Crippen molar-refractivity contribution >= 4 is 0 Å². The lowest BCUT2D eigenvalue weighted by atomic mass is 9.92. The molecular formula is C16H23NO. The van der Waals surface area contributed by atoms with Crippen molar-refractivity contribution in [3.63, 3.8) is 0 Å². The molecule has 2 heteroatoms. The van der Waals surface area contributed by atoms with Crippen LogP contribution in [-0.4, -0.2) is 6.61 Å². The summed E-state index contributed by atoms with van der Waals surface area (Å²) >= 11 is 0. The molecule has 1 unspecified atom stereocenters. The molecule has 0 aliphatic heterocycles. The van der Waals surface area contributed by atoms with Gasteiger partial charge in [0.15, 0.2) is 0 Å². The van der Waals surface area contributed by atoms with Gasteiger partial charge in [-0.3, -0.25) is 0 Å². The van der Waals surface area contributed by atoms with Gasteiger partial charge in [0.1, 0.15) is 5.75 Å². The molecule has 0 heterocycles. The van der Waals surface area contributed by atoms with E-state index in [9.17, 15) is 0 Å². The summed E-state index contributed by atoms with van der Waals surface area (Å²) in [6.45, 7) is 2.70. The number of benzene rings is 1. The molecule has 1 aromatic rings. The maximum atomic E-state index is 6.29. The third-order valence-corrected chi connectivity index (χ3v) is 3.46. The zero-order chi connectivity index (χ0) is 12.8. The fraction of sp³-hybridized carbons (Fsp3) is 0.500. The fourth-order valence-electron chi connectivity index (χ4n) is 2.49. The van der Waals surface area contributed by atoms with Crippen LogP contribution >= 0.6 is 0 Å². The summed E-state index contributed by atoms with van der Waals surface area (Å²) in [6, 6.07) is 8.26. The maximum Gasteiger partial charge on any atom is 0.119 e. The largest absolute Gasteiger partial charge is 0.494 e. The van der Waals surface area contributed by atoms with Crippen molar-refractivity contribution in [1.29, 1.82) is 0 Å². The Labute approximate surface area is 110 Å². The van der Waals surface area contributed by atoms with Gasteiger partial charge in [-0.05, 0) is 56.7 Å². The second kappa shape index (κ2) is 6.60. The van der Waals surface area contributed by atoms with Gasteiger partial charge < -0.3 is 10.5 Å². The summed E-state index contributed by atoms with van der Waals surface area (Å²) in [7, 11) is 0. The highest BCUT2D eigenvalue weighted by atomic mass is 16.5. The first-order valence-corrected chi connectivity index (χ1v) is 6.96. The second-order valence-corrected chi connectivity index (χ2v) is 4.92. The van der Waals surface area contributed by atoms with E-state index < -0.39 is 0 Å². The summed E-state index contributed by atoms with van der Waals surface area (Å²) in [5, 5.41) is 0. The van der Waals surface area contributed by atoms with Gasteiger partial charge in [0, 0.05) is 6.04 Å². The van der Waals surface area contributed by atoms with Crippen LogP contribution < -0.4 is 10.5 Å². The number of nitrogens with two attached hydrogens (primary N) is 1. The zero-order valence-electron chi connectivity index (χ0n) is 11.2. The van der Waals surface area contributed by atoms with E-state index in [2.05, 4.69) is 18.2 Å². The third kappa shape index (κ3) is 3.61. The molecule has 2 nitrogen and oxygen atoms in total. The Bertz CT molecular complexity index is 411. The van der Waals surface area contributed by atoms with Crippen LogP contribution in [0, 0.1) is 0 Å². The highest BCUT2D eigenvalue weighted by Crippen LogP contribution is 2.27. The monoisotopic (exact) mass is 245 g/mol. The van der Waals surface area contributed by atoms with E-state index in [-0.39, 0.29) is 6.04 Å². The van der Waals surface area contributed by atoms with Crippen LogP contribution in [0.15, 0.2) is 35.9 Å². The Hall–Kier alpha value is -1.28. The van der Waals surface area contributed by atoms with Gasteiger partial charge in [0.05, 0.1) is 6.61 Å². The zero-order valence-corrected chi connectivity index (χ0v) is 11.2. The van der Waals surface area contributed by atoms with Crippen LogP contribution in [0.4, 0.5) is 0 Å². The number of rotatable bonds is 5. The highest BCUT2D eigenvalue weighted by molar-refractivity contribution is 5.31. The number of hydrogen-bond acceptors (Lipinski definition) is 2. The molecule has 2 rings (SSSR count). The lowest BCUT2D eigenvalue weighted by molar-refractivity contribution is 0.339. The molecule has 2 N–H and O–H groups in total. The molecule has 0 saturated heterocycles. The smallest absolute Gasteiger partial charge is 0.119 e. The van der Waals surface area contributed by atoms with Crippen LogP contribution in [-0.2, 0) is 0 Å². The molecule has 0 saturated carbocycles. The van der Waals surface area contributed by atoms with Crippen molar-refractivity contribution in [3.05, 3.63) is 41.5 Å². The van der Waals surface area contributed by atoms with Crippen molar-refractivity contribution in [2.24, 2.45) is 5.73 Å². The first-order valence-electron chi connectivity index (χ1n) is 6.96. The molecular weight excluding hydrogens is 222 g/mol. The molecule has 98 valence electrons. The minimum atomic E-state index is 0.0924. The Morgan fingerprint density at radius 1 is 1.33 bits per heavy atom. The topological polar surface area (TPSA) is 35.2 Å². The SMILES string of the molecule is CCOc1cccc(C(N)CC2=CCCCC2)c1. The van der Waals surface area contributed by atoms with E-state index in [4.69, 9.17) is 10.5 Å². The van der Waals surface area contributed by atoms with Crippen LogP contribution in [0.5, 0.6) is 5.75 Å². The molecule has 0 radical (unpaired) electrons. The second-order valence-electron chi connectivity index (χ2n) is 4.92. The Morgan fingerprint density at radius 2 is 2.22 bits per heavy atom. The van der Waals surface area contributed by atoms with Gasteiger partial charge in [-0.15, -0.1) is 0 Å². The van der Waals surface area contributed by atoms with Gasteiger partial charge in [-0.2, -0.15) is 0 Å². The van der Waals surface area contributed by atoms with Crippen molar-refractivity contribution in [1.82, 2.24) is 0 Å². The van der Waals surface area contributed by atoms with Gasteiger partial charge in [-0.25, -0.2) is 0 Å². The maximum absolute atomic E-state index is 6.29. The molecule has 0 aromatic heterocycles. The summed E-state index contributed by atoms with van der Waals surface area (Å²) in [4.78, 5) is 0. The van der Waals surface area contributed by atoms with E-state index in [1.807, 2.05) is 19.1 Å². The number of ether oxygens (including phenoxy) is 1. The van der Waals surface area contributed by atoms with Crippen LogP contribution in [0.2, 0.25) is 0 Å². The van der Waals surface area contributed by atoms with Crippen molar-refractivity contribution in [3.8, 4) is 5.75 Å². The molecule has 0 fully saturated rings. The average molecular weight is 245 g/mol. The quantitative estimate of drug-likeness (QED) is 0.796. The molecule has 1 aromatic carbocycles. The van der Waals surface area contributed by atoms with Gasteiger partial charge >= 0.3 is 0 Å². The first kappa shape index (κ1) is 13.2. The fourth-order valence-corrected chi connectivity index (χ4v) is 2.49. The summed E-state index contributed by atoms with van der Waals surface area (Å²) < 4.78 is 5.52. The lowest BCUT2D eigenvalue weighted by Crippen LogP contribution is -2.12. The number of hydrogen-bond donors (Lipinski definition) is 1. The minimum Gasteiger partial charge on any atom is -0.494 e. The molecule has 0 amide bonds. The summed E-state index contributed by atoms with van der Waals surface area (Å²) in [5.74, 6) is 0.920. The Kier molecular flexibility index (Phi) is 4.82. The standard InChI is InChI=1S/C16H23NO/c1-2-18-15-10-6-9-14(12-15)16(17)11-13-7-4-3-5-8-13/h6-7,9-10,12,16H,2-5,8,11,17H2,1H3. The average Bonchev–Trinajstić information content (AvgIpc) is 2.40.